The first kappa shape index (κ1) is 31.4. The Labute approximate surface area is 278 Å². The second kappa shape index (κ2) is 11.7. The highest BCUT2D eigenvalue weighted by Gasteiger charge is 2.73. The first-order valence-electron chi connectivity index (χ1n) is 17.3. The number of aliphatic hydroxyl groups is 1. The number of hydrogen-bond donors (Lipinski definition) is 2. The Kier molecular flexibility index (Phi) is 7.64. The summed E-state index contributed by atoms with van der Waals surface area (Å²) in [4.78, 5) is 18.5. The van der Waals surface area contributed by atoms with Gasteiger partial charge in [-0.3, -0.25) is 9.69 Å². The molecule has 3 aromatic carbocycles. The molecule has 1 amide bonds. The van der Waals surface area contributed by atoms with Gasteiger partial charge in [0.05, 0.1) is 22.6 Å². The SMILES string of the molecule is O=C(/C=C/c1cccc(C(F)(F)F)c1)N(CCCc1ccccc1)[C@@H]1CC[C@@]2(O)[C@H]3Cc4ccc(O)c5c4[C@@]2(CCN3CC2CC2)[C@H]1O5. The number of alkyl halides is 3. The fourth-order valence-corrected chi connectivity index (χ4v) is 9.39. The fraction of sp³-hybridized carbons (Fsp3) is 0.462. The summed E-state index contributed by atoms with van der Waals surface area (Å²) >= 11 is 0. The standard InChI is InChI=1S/C39H41F3N2O4/c40-39(41,42)29-10-4-8-26(22-29)13-16-33(46)44(20-5-9-25-6-2-1-3-7-25)30-17-18-38(47)32-23-28-14-15-31(45)35-34(28)37(38,36(30)48-35)19-21-43(32)24-27-11-12-27/h1-4,6-8,10,13-16,22,27,30,32,36,45,47H,5,9,11-12,17-21,23-24H2/b16-13+/t30-,32-,36+,37+,38-/m1/s1. The molecule has 3 fully saturated rings. The molecule has 3 aliphatic carbocycles. The van der Waals surface area contributed by atoms with Gasteiger partial charge in [0.2, 0.25) is 5.91 Å². The minimum atomic E-state index is -4.49. The van der Waals surface area contributed by atoms with E-state index in [0.29, 0.717) is 50.3 Å². The van der Waals surface area contributed by atoms with E-state index in [1.165, 1.54) is 31.1 Å². The van der Waals surface area contributed by atoms with E-state index in [9.17, 15) is 28.2 Å². The van der Waals surface area contributed by atoms with Crippen LogP contribution in [0.5, 0.6) is 11.5 Å². The smallest absolute Gasteiger partial charge is 0.416 e. The number of carbonyl (C=O) groups is 1. The Balaban J connectivity index is 1.15. The van der Waals surface area contributed by atoms with E-state index in [4.69, 9.17) is 4.74 Å². The van der Waals surface area contributed by atoms with Crippen LogP contribution >= 0.6 is 0 Å². The van der Waals surface area contributed by atoms with Gasteiger partial charge in [-0.1, -0.05) is 48.5 Å². The Hall–Kier alpha value is -3.82. The van der Waals surface area contributed by atoms with Crippen molar-refractivity contribution < 1.29 is 32.9 Å². The highest BCUT2D eigenvalue weighted by Crippen LogP contribution is 2.66. The van der Waals surface area contributed by atoms with E-state index in [1.54, 1.807) is 12.1 Å². The molecule has 8 rings (SSSR count). The number of halogens is 3. The molecule has 0 radical (unpaired) electrons. The van der Waals surface area contributed by atoms with Gasteiger partial charge in [-0.2, -0.15) is 13.2 Å². The number of aryl methyl sites for hydroxylation is 1. The van der Waals surface area contributed by atoms with Crippen LogP contribution in [0.25, 0.3) is 6.08 Å². The number of nitrogens with zero attached hydrogens (tertiary/aromatic N) is 2. The van der Waals surface area contributed by atoms with Gasteiger partial charge in [0.25, 0.3) is 0 Å². The number of rotatable bonds is 9. The van der Waals surface area contributed by atoms with Gasteiger partial charge in [0.15, 0.2) is 11.5 Å². The normalized spacial score (nSPS) is 29.0. The minimum Gasteiger partial charge on any atom is -0.504 e. The molecule has 252 valence electrons. The zero-order valence-corrected chi connectivity index (χ0v) is 26.8. The molecule has 0 unspecified atom stereocenters. The van der Waals surface area contributed by atoms with Crippen LogP contribution in [-0.4, -0.2) is 69.3 Å². The third-order valence-electron chi connectivity index (χ3n) is 11.8. The summed E-state index contributed by atoms with van der Waals surface area (Å²) in [5, 5.41) is 24.0. The number of ether oxygens (including phenoxy) is 1. The Morgan fingerprint density at radius 2 is 1.85 bits per heavy atom. The zero-order chi connectivity index (χ0) is 33.3. The van der Waals surface area contributed by atoms with Gasteiger partial charge in [-0.15, -0.1) is 0 Å². The number of aromatic hydroxyl groups is 1. The molecule has 2 aliphatic heterocycles. The lowest BCUT2D eigenvalue weighted by Crippen LogP contribution is -2.78. The average Bonchev–Trinajstić information content (AvgIpc) is 3.82. The molecule has 1 spiro atoms. The van der Waals surface area contributed by atoms with Crippen molar-refractivity contribution in [2.24, 2.45) is 5.92 Å². The summed E-state index contributed by atoms with van der Waals surface area (Å²) in [7, 11) is 0. The van der Waals surface area contributed by atoms with Crippen molar-refractivity contribution in [3.05, 3.63) is 101 Å². The van der Waals surface area contributed by atoms with Crippen LogP contribution in [0.2, 0.25) is 0 Å². The fourth-order valence-electron chi connectivity index (χ4n) is 9.39. The van der Waals surface area contributed by atoms with E-state index >= 15 is 0 Å². The summed E-state index contributed by atoms with van der Waals surface area (Å²) in [5.74, 6) is 0.833. The van der Waals surface area contributed by atoms with Crippen LogP contribution in [0.3, 0.4) is 0 Å². The summed E-state index contributed by atoms with van der Waals surface area (Å²) in [6.07, 6.45) is 3.96. The number of carbonyl (C=O) groups excluding carboxylic acids is 1. The van der Waals surface area contributed by atoms with Crippen LogP contribution in [0.15, 0.2) is 72.8 Å². The van der Waals surface area contributed by atoms with Crippen LogP contribution < -0.4 is 4.74 Å². The van der Waals surface area contributed by atoms with Crippen molar-refractivity contribution in [1.29, 1.82) is 0 Å². The van der Waals surface area contributed by atoms with E-state index in [0.717, 1.165) is 48.3 Å². The molecule has 2 heterocycles. The molecular formula is C39H41F3N2O4. The van der Waals surface area contributed by atoms with Gasteiger partial charge in [0.1, 0.15) is 6.10 Å². The van der Waals surface area contributed by atoms with E-state index in [2.05, 4.69) is 17.0 Å². The number of hydrogen-bond acceptors (Lipinski definition) is 5. The van der Waals surface area contributed by atoms with E-state index in [-0.39, 0.29) is 23.3 Å². The van der Waals surface area contributed by atoms with E-state index < -0.39 is 34.9 Å². The lowest BCUT2D eigenvalue weighted by atomic mass is 9.48. The number of amides is 1. The molecule has 2 bridgehead atoms. The van der Waals surface area contributed by atoms with Crippen molar-refractivity contribution in [2.75, 3.05) is 19.6 Å². The maximum absolute atomic E-state index is 14.2. The highest BCUT2D eigenvalue weighted by molar-refractivity contribution is 5.92. The predicted molar refractivity (Wildman–Crippen MR) is 176 cm³/mol. The predicted octanol–water partition coefficient (Wildman–Crippen LogP) is 6.52. The zero-order valence-electron chi connectivity index (χ0n) is 26.8. The van der Waals surface area contributed by atoms with Crippen LogP contribution in [0.4, 0.5) is 13.2 Å². The van der Waals surface area contributed by atoms with Crippen LogP contribution in [-0.2, 0) is 29.2 Å². The van der Waals surface area contributed by atoms with Gasteiger partial charge in [-0.25, -0.2) is 0 Å². The Morgan fingerprint density at radius 3 is 2.62 bits per heavy atom. The lowest BCUT2D eigenvalue weighted by Gasteiger charge is -2.65. The van der Waals surface area contributed by atoms with E-state index in [1.807, 2.05) is 29.2 Å². The van der Waals surface area contributed by atoms with Crippen molar-refractivity contribution in [3.63, 3.8) is 0 Å². The van der Waals surface area contributed by atoms with Crippen molar-refractivity contribution >= 4 is 12.0 Å². The lowest BCUT2D eigenvalue weighted by molar-refractivity contribution is -0.201. The molecule has 3 aromatic rings. The number of benzene rings is 3. The largest absolute Gasteiger partial charge is 0.504 e. The molecule has 5 aliphatic rings. The molecular weight excluding hydrogens is 617 g/mol. The second-order valence-corrected chi connectivity index (χ2v) is 14.5. The average molecular weight is 659 g/mol. The Morgan fingerprint density at radius 1 is 1.04 bits per heavy atom. The summed E-state index contributed by atoms with van der Waals surface area (Å²) < 4.78 is 47.0. The molecule has 9 heteroatoms. The number of piperidine rings is 1. The summed E-state index contributed by atoms with van der Waals surface area (Å²) in [6, 6.07) is 18.2. The third-order valence-corrected chi connectivity index (χ3v) is 11.8. The van der Waals surface area contributed by atoms with Crippen molar-refractivity contribution in [1.82, 2.24) is 9.80 Å². The maximum atomic E-state index is 14.2. The third kappa shape index (κ3) is 5.12. The topological polar surface area (TPSA) is 73.2 Å². The molecule has 1 saturated heterocycles. The molecule has 0 aromatic heterocycles. The molecule has 2 N–H and O–H groups in total. The minimum absolute atomic E-state index is 0.0453. The molecule has 48 heavy (non-hydrogen) atoms. The monoisotopic (exact) mass is 658 g/mol. The number of phenolic OH excluding ortho intramolecular Hbond substituents is 1. The molecule has 5 atom stereocenters. The number of likely N-dealkylation sites (tertiary alicyclic amines) is 1. The molecule has 2 saturated carbocycles. The van der Waals surface area contributed by atoms with Gasteiger partial charge < -0.3 is 19.8 Å². The first-order chi connectivity index (χ1) is 23.1. The van der Waals surface area contributed by atoms with Crippen LogP contribution in [0.1, 0.15) is 66.3 Å². The van der Waals surface area contributed by atoms with Gasteiger partial charge in [-0.05, 0) is 105 Å². The summed E-state index contributed by atoms with van der Waals surface area (Å²) in [5.41, 5.74) is 0.792. The van der Waals surface area contributed by atoms with Gasteiger partial charge in [0, 0.05) is 30.8 Å². The Bertz CT molecular complexity index is 1740. The maximum Gasteiger partial charge on any atom is 0.416 e. The highest BCUT2D eigenvalue weighted by atomic mass is 19.4. The quantitative estimate of drug-likeness (QED) is 0.256. The van der Waals surface area contributed by atoms with Crippen molar-refractivity contribution in [3.8, 4) is 11.5 Å². The van der Waals surface area contributed by atoms with Gasteiger partial charge >= 0.3 is 6.18 Å². The number of phenols is 1. The first-order valence-corrected chi connectivity index (χ1v) is 17.3. The second-order valence-electron chi connectivity index (χ2n) is 14.5. The molecule has 6 nitrogen and oxygen atoms in total. The van der Waals surface area contributed by atoms with Crippen molar-refractivity contribution in [2.45, 2.75) is 86.7 Å². The van der Waals surface area contributed by atoms with Crippen LogP contribution in [0, 0.1) is 5.92 Å². The summed E-state index contributed by atoms with van der Waals surface area (Å²) in [6.45, 7) is 2.19.